The van der Waals surface area contributed by atoms with Crippen LogP contribution in [0.1, 0.15) is 60.7 Å². The summed E-state index contributed by atoms with van der Waals surface area (Å²) in [6.07, 6.45) is 9.04. The Morgan fingerprint density at radius 1 is 1.31 bits per heavy atom. The Balaban J connectivity index is 1.45. The van der Waals surface area contributed by atoms with E-state index >= 15 is 0 Å². The van der Waals surface area contributed by atoms with Crippen molar-refractivity contribution in [3.05, 3.63) is 27.1 Å². The van der Waals surface area contributed by atoms with Crippen LogP contribution in [0.5, 0.6) is 0 Å². The van der Waals surface area contributed by atoms with Crippen LogP contribution < -0.4 is 5.56 Å². The van der Waals surface area contributed by atoms with Gasteiger partial charge in [0.05, 0.1) is 16.6 Å². The zero-order chi connectivity index (χ0) is 20.1. The topological polar surface area (TPSA) is 69.3 Å². The van der Waals surface area contributed by atoms with Crippen LogP contribution in [0.15, 0.2) is 11.1 Å². The molecule has 0 saturated carbocycles. The molecule has 29 heavy (non-hydrogen) atoms. The van der Waals surface area contributed by atoms with Crippen molar-refractivity contribution in [2.24, 2.45) is 11.8 Å². The largest absolute Gasteiger partial charge is 0.337 e. The van der Waals surface area contributed by atoms with Gasteiger partial charge >= 0.3 is 0 Å². The van der Waals surface area contributed by atoms with Gasteiger partial charge < -0.3 is 9.88 Å². The highest BCUT2D eigenvalue weighted by Crippen LogP contribution is 2.43. The summed E-state index contributed by atoms with van der Waals surface area (Å²) in [5, 5.41) is 0.570. The van der Waals surface area contributed by atoms with E-state index in [0.29, 0.717) is 39.0 Å². The van der Waals surface area contributed by atoms with Gasteiger partial charge in [0.1, 0.15) is 4.83 Å². The van der Waals surface area contributed by atoms with Crippen LogP contribution >= 0.6 is 11.3 Å². The van der Waals surface area contributed by atoms with Gasteiger partial charge in [0, 0.05) is 25.2 Å². The number of amides is 1. The average Bonchev–Trinajstić information content (AvgIpc) is 3.08. The molecule has 1 N–H and O–H groups in total. The number of aromatic nitrogens is 2. The number of fused-ring (bicyclic) bond motifs is 5. The molecular formula is C22H30N4O2S. The van der Waals surface area contributed by atoms with Gasteiger partial charge in [-0.15, -0.1) is 11.3 Å². The maximum absolute atomic E-state index is 13.5. The second-order valence-electron chi connectivity index (χ2n) is 9.09. The molecule has 3 aliphatic heterocycles. The molecule has 0 aliphatic carbocycles. The molecule has 3 saturated heterocycles. The Kier molecular flexibility index (Phi) is 4.98. The quantitative estimate of drug-likeness (QED) is 0.836. The monoisotopic (exact) mass is 414 g/mol. The first-order valence-corrected chi connectivity index (χ1v) is 11.9. The van der Waals surface area contributed by atoms with Crippen LogP contribution in [-0.2, 0) is 0 Å². The molecule has 2 aromatic rings. The zero-order valence-corrected chi connectivity index (χ0v) is 18.1. The first-order valence-electron chi connectivity index (χ1n) is 11.1. The van der Waals surface area contributed by atoms with Crippen LogP contribution in [0.3, 0.4) is 0 Å². The molecule has 6 nitrogen and oxygen atoms in total. The van der Waals surface area contributed by atoms with Gasteiger partial charge in [-0.25, -0.2) is 4.98 Å². The van der Waals surface area contributed by atoms with Crippen molar-refractivity contribution >= 4 is 27.5 Å². The van der Waals surface area contributed by atoms with Crippen LogP contribution in [0.2, 0.25) is 0 Å². The van der Waals surface area contributed by atoms with E-state index in [-0.39, 0.29) is 11.5 Å². The second kappa shape index (κ2) is 7.51. The van der Waals surface area contributed by atoms with Crippen molar-refractivity contribution in [1.29, 1.82) is 0 Å². The number of piperidine rings is 3. The highest BCUT2D eigenvalue weighted by molar-refractivity contribution is 7.20. The first kappa shape index (κ1) is 19.2. The fourth-order valence-electron chi connectivity index (χ4n) is 6.19. The van der Waals surface area contributed by atoms with Crippen molar-refractivity contribution < 1.29 is 4.79 Å². The van der Waals surface area contributed by atoms with Gasteiger partial charge in [-0.2, -0.15) is 0 Å². The highest BCUT2D eigenvalue weighted by atomic mass is 32.1. The number of carbonyl (C=O) groups is 1. The van der Waals surface area contributed by atoms with E-state index in [1.165, 1.54) is 62.7 Å². The number of carbonyl (C=O) groups excluding carboxylic acids is 1. The molecule has 7 heteroatoms. The molecule has 3 aliphatic rings. The van der Waals surface area contributed by atoms with Crippen LogP contribution in [0.4, 0.5) is 0 Å². The number of H-pyrrole nitrogens is 1. The molecule has 4 atom stereocenters. The Bertz CT molecular complexity index is 983. The fourth-order valence-corrected chi connectivity index (χ4v) is 7.31. The number of hydrogen-bond acceptors (Lipinski definition) is 5. The normalized spacial score (nSPS) is 29.8. The molecule has 2 bridgehead atoms. The summed E-state index contributed by atoms with van der Waals surface area (Å²) in [7, 11) is 0. The van der Waals surface area contributed by atoms with E-state index in [0.717, 1.165) is 18.7 Å². The van der Waals surface area contributed by atoms with E-state index in [9.17, 15) is 9.59 Å². The lowest BCUT2D eigenvalue weighted by atomic mass is 9.71. The lowest BCUT2D eigenvalue weighted by molar-refractivity contribution is -0.0670. The maximum Gasteiger partial charge on any atom is 0.264 e. The molecule has 0 aromatic carbocycles. The number of thiophene rings is 1. The Labute approximate surface area is 175 Å². The van der Waals surface area contributed by atoms with Gasteiger partial charge in [-0.1, -0.05) is 19.8 Å². The van der Waals surface area contributed by atoms with Crippen molar-refractivity contribution in [3.63, 3.8) is 0 Å². The summed E-state index contributed by atoms with van der Waals surface area (Å²) in [5.74, 6) is 1.25. The number of aromatic amines is 1. The summed E-state index contributed by atoms with van der Waals surface area (Å²) >= 11 is 1.37. The molecule has 5 rings (SSSR count). The van der Waals surface area contributed by atoms with E-state index in [1.54, 1.807) is 0 Å². The lowest BCUT2D eigenvalue weighted by Crippen LogP contribution is -2.64. The van der Waals surface area contributed by atoms with Gasteiger partial charge in [0.2, 0.25) is 0 Å². The minimum Gasteiger partial charge on any atom is -0.337 e. The van der Waals surface area contributed by atoms with Crippen molar-refractivity contribution in [1.82, 2.24) is 19.8 Å². The van der Waals surface area contributed by atoms with Gasteiger partial charge in [0.15, 0.2) is 0 Å². The van der Waals surface area contributed by atoms with E-state index in [4.69, 9.17) is 0 Å². The Morgan fingerprint density at radius 3 is 2.93 bits per heavy atom. The standard InChI is InChI=1S/C22H30N4O2S/c1-3-6-16-14-9-15(17-7-4-5-8-26(16)17)11-25(10-14)22(28)19-13(2)18-20(27)23-12-24-21(18)29-19/h12,14-17H,3-11H2,1-2H3,(H,23,24,27)/t14-,15+,16-,17-/m0/s1. The second-order valence-corrected chi connectivity index (χ2v) is 10.1. The predicted octanol–water partition coefficient (Wildman–Crippen LogP) is 3.41. The van der Waals surface area contributed by atoms with Crippen molar-refractivity contribution in [2.75, 3.05) is 19.6 Å². The van der Waals surface area contributed by atoms with Gasteiger partial charge in [-0.3, -0.25) is 14.5 Å². The molecule has 5 heterocycles. The van der Waals surface area contributed by atoms with Gasteiger partial charge in [-0.05, 0) is 56.6 Å². The van der Waals surface area contributed by atoms with E-state index in [1.807, 2.05) is 6.92 Å². The molecule has 156 valence electrons. The number of aryl methyl sites for hydroxylation is 1. The zero-order valence-electron chi connectivity index (χ0n) is 17.3. The summed E-state index contributed by atoms with van der Waals surface area (Å²) in [6.45, 7) is 7.10. The smallest absolute Gasteiger partial charge is 0.264 e. The maximum atomic E-state index is 13.5. The van der Waals surface area contributed by atoms with Crippen LogP contribution in [-0.4, -0.2) is 57.4 Å². The Morgan fingerprint density at radius 2 is 2.14 bits per heavy atom. The molecule has 0 radical (unpaired) electrons. The summed E-state index contributed by atoms with van der Waals surface area (Å²) < 4.78 is 0. The van der Waals surface area contributed by atoms with E-state index < -0.39 is 0 Å². The highest BCUT2D eigenvalue weighted by Gasteiger charge is 2.47. The molecule has 2 aromatic heterocycles. The lowest BCUT2D eigenvalue weighted by Gasteiger charge is -2.57. The third-order valence-corrected chi connectivity index (χ3v) is 8.61. The molecule has 0 spiro atoms. The fraction of sp³-hybridized carbons (Fsp3) is 0.682. The number of rotatable bonds is 3. The number of hydrogen-bond donors (Lipinski definition) is 1. The van der Waals surface area contributed by atoms with Crippen molar-refractivity contribution in [2.45, 2.75) is 64.5 Å². The summed E-state index contributed by atoms with van der Waals surface area (Å²) in [6, 6.07) is 1.25. The minimum absolute atomic E-state index is 0.0964. The molecule has 0 unspecified atom stereocenters. The number of likely N-dealkylation sites (tertiary alicyclic amines) is 1. The SMILES string of the molecule is CCC[C@H]1[C@H]2C[C@H](CN(C(=O)c3sc4nc[nH]c(=O)c4c3C)C2)[C@@H]2CCCCN21. The Hall–Kier alpha value is -1.73. The predicted molar refractivity (Wildman–Crippen MR) is 116 cm³/mol. The minimum atomic E-state index is -0.154. The van der Waals surface area contributed by atoms with E-state index in [2.05, 4.69) is 26.7 Å². The average molecular weight is 415 g/mol. The summed E-state index contributed by atoms with van der Waals surface area (Å²) in [5.41, 5.74) is 0.628. The summed E-state index contributed by atoms with van der Waals surface area (Å²) in [4.78, 5) is 38.9. The molecule has 3 fully saturated rings. The van der Waals surface area contributed by atoms with Crippen molar-refractivity contribution in [3.8, 4) is 0 Å². The third-order valence-electron chi connectivity index (χ3n) is 7.42. The van der Waals surface area contributed by atoms with Crippen LogP contribution in [0, 0.1) is 18.8 Å². The first-order chi connectivity index (χ1) is 14.1. The number of nitrogens with zero attached hydrogens (tertiary/aromatic N) is 3. The molecular weight excluding hydrogens is 384 g/mol. The number of nitrogens with one attached hydrogen (secondary N) is 1. The third kappa shape index (κ3) is 3.13. The van der Waals surface area contributed by atoms with Gasteiger partial charge in [0.25, 0.3) is 11.5 Å². The molecule has 1 amide bonds. The van der Waals surface area contributed by atoms with Crippen LogP contribution in [0.25, 0.3) is 10.2 Å².